The highest BCUT2D eigenvalue weighted by molar-refractivity contribution is 7.93. The largest absolute Gasteiger partial charge is 0.456 e. The number of carbonyl (C=O) groups is 2. The Morgan fingerprint density at radius 2 is 2.12 bits per heavy atom. The number of halogens is 2. The first-order chi connectivity index (χ1) is 11.8. The maximum absolute atomic E-state index is 13.7. The number of nitrogens with one attached hydrogen (secondary N) is 1. The Morgan fingerprint density at radius 1 is 1.36 bits per heavy atom. The summed E-state index contributed by atoms with van der Waals surface area (Å²) in [7, 11) is -4.16. The van der Waals surface area contributed by atoms with E-state index in [9.17, 15) is 26.8 Å². The van der Waals surface area contributed by atoms with Gasteiger partial charge in [0.15, 0.2) is 6.61 Å². The third-order valence-electron chi connectivity index (χ3n) is 3.39. The zero-order chi connectivity index (χ0) is 18.4. The smallest absolute Gasteiger partial charge is 0.349 e. The second kappa shape index (κ2) is 8.06. The second-order valence-corrected chi connectivity index (χ2v) is 7.04. The summed E-state index contributed by atoms with van der Waals surface area (Å²) in [5.74, 6) is -2.97. The van der Waals surface area contributed by atoms with Gasteiger partial charge in [0.1, 0.15) is 22.6 Å². The Labute approximate surface area is 142 Å². The van der Waals surface area contributed by atoms with Crippen molar-refractivity contribution in [3.63, 3.8) is 0 Å². The van der Waals surface area contributed by atoms with Crippen molar-refractivity contribution in [2.45, 2.75) is 24.5 Å². The second-order valence-electron chi connectivity index (χ2n) is 5.18. The SMILES string of the molecule is O=COCC(=O)OC1=CCCCC1S(=O)(=O)Nc1ccc(F)cc1F. The third-order valence-corrected chi connectivity index (χ3v) is 5.11. The van der Waals surface area contributed by atoms with Crippen molar-refractivity contribution >= 4 is 28.2 Å². The van der Waals surface area contributed by atoms with Crippen molar-refractivity contribution in [1.82, 2.24) is 0 Å². The van der Waals surface area contributed by atoms with Crippen LogP contribution in [0.4, 0.5) is 14.5 Å². The zero-order valence-corrected chi connectivity index (χ0v) is 13.7. The van der Waals surface area contributed by atoms with Crippen LogP contribution in [0.1, 0.15) is 19.3 Å². The van der Waals surface area contributed by atoms with Crippen LogP contribution in [0.2, 0.25) is 0 Å². The molecule has 0 heterocycles. The molecule has 2 rings (SSSR count). The first-order valence-electron chi connectivity index (χ1n) is 7.26. The van der Waals surface area contributed by atoms with Crippen LogP contribution in [-0.2, 0) is 29.1 Å². The highest BCUT2D eigenvalue weighted by Crippen LogP contribution is 2.28. The number of hydrogen-bond donors (Lipinski definition) is 1. The Hall–Kier alpha value is -2.49. The third kappa shape index (κ3) is 4.99. The van der Waals surface area contributed by atoms with E-state index in [4.69, 9.17) is 4.74 Å². The number of hydrogen-bond acceptors (Lipinski definition) is 6. The van der Waals surface area contributed by atoms with Crippen molar-refractivity contribution in [3.05, 3.63) is 41.7 Å². The molecule has 1 aromatic carbocycles. The Balaban J connectivity index is 2.17. The summed E-state index contributed by atoms with van der Waals surface area (Å²) < 4.78 is 62.8. The highest BCUT2D eigenvalue weighted by atomic mass is 32.2. The van der Waals surface area contributed by atoms with Gasteiger partial charge in [-0.3, -0.25) is 9.52 Å². The van der Waals surface area contributed by atoms with E-state index in [-0.39, 0.29) is 18.7 Å². The fourth-order valence-corrected chi connectivity index (χ4v) is 3.84. The first-order valence-corrected chi connectivity index (χ1v) is 8.81. The Kier molecular flexibility index (Phi) is 6.07. The molecular formula is C15H15F2NO6S. The number of benzene rings is 1. The number of sulfonamides is 1. The molecule has 0 saturated heterocycles. The van der Waals surface area contributed by atoms with Crippen LogP contribution in [0, 0.1) is 11.6 Å². The fraction of sp³-hybridized carbons (Fsp3) is 0.333. The van der Waals surface area contributed by atoms with E-state index in [2.05, 4.69) is 4.74 Å². The van der Waals surface area contributed by atoms with Gasteiger partial charge in [-0.25, -0.2) is 22.0 Å². The van der Waals surface area contributed by atoms with Crippen LogP contribution < -0.4 is 4.72 Å². The Bertz CT molecular complexity index is 793. The van der Waals surface area contributed by atoms with Crippen LogP contribution in [0.3, 0.4) is 0 Å². The van der Waals surface area contributed by atoms with Gasteiger partial charge in [-0.05, 0) is 37.5 Å². The van der Waals surface area contributed by atoms with Gasteiger partial charge >= 0.3 is 5.97 Å². The van der Waals surface area contributed by atoms with Gasteiger partial charge in [0, 0.05) is 6.07 Å². The quantitative estimate of drug-likeness (QED) is 0.577. The molecule has 1 aromatic rings. The van der Waals surface area contributed by atoms with Crippen LogP contribution >= 0.6 is 0 Å². The lowest BCUT2D eigenvalue weighted by molar-refractivity contribution is -0.149. The normalized spacial score (nSPS) is 17.4. The zero-order valence-electron chi connectivity index (χ0n) is 12.9. The van der Waals surface area contributed by atoms with Crippen molar-refractivity contribution in [3.8, 4) is 0 Å². The average Bonchev–Trinajstić information content (AvgIpc) is 2.56. The molecule has 1 atom stereocenters. The summed E-state index contributed by atoms with van der Waals surface area (Å²) >= 11 is 0. The molecule has 0 bridgehead atoms. The Morgan fingerprint density at radius 3 is 2.80 bits per heavy atom. The van der Waals surface area contributed by atoms with Crippen LogP contribution in [0.25, 0.3) is 0 Å². The molecule has 0 aliphatic heterocycles. The van der Waals surface area contributed by atoms with Crippen LogP contribution in [0.5, 0.6) is 0 Å². The van der Waals surface area contributed by atoms with Gasteiger partial charge in [-0.15, -0.1) is 0 Å². The molecule has 0 fully saturated rings. The van der Waals surface area contributed by atoms with E-state index >= 15 is 0 Å². The molecule has 0 saturated carbocycles. The predicted octanol–water partition coefficient (Wildman–Crippen LogP) is 1.86. The molecule has 1 N–H and O–H groups in total. The number of esters is 1. The molecule has 1 aliphatic rings. The molecule has 10 heteroatoms. The number of carbonyl (C=O) groups excluding carboxylic acids is 2. The standard InChI is InChI=1S/C15H15F2NO6S/c16-10-5-6-12(11(17)7-10)18-25(21,22)14-4-2-1-3-13(14)24-15(20)8-23-9-19/h3,5-7,9,14,18H,1-2,4,8H2. The van der Waals surface area contributed by atoms with Gasteiger partial charge in [0.25, 0.3) is 6.47 Å². The molecule has 0 amide bonds. The van der Waals surface area contributed by atoms with E-state index < -0.39 is 45.2 Å². The van der Waals surface area contributed by atoms with Crippen molar-refractivity contribution in [1.29, 1.82) is 0 Å². The first kappa shape index (κ1) is 18.8. The molecule has 136 valence electrons. The number of anilines is 1. The summed E-state index contributed by atoms with van der Waals surface area (Å²) in [6, 6.07) is 2.42. The van der Waals surface area contributed by atoms with Gasteiger partial charge in [-0.1, -0.05) is 0 Å². The molecule has 25 heavy (non-hydrogen) atoms. The summed E-state index contributed by atoms with van der Waals surface area (Å²) in [6.45, 7) is -0.600. The van der Waals surface area contributed by atoms with Crippen molar-refractivity contribution in [2.24, 2.45) is 0 Å². The number of allylic oxidation sites excluding steroid dienone is 1. The highest BCUT2D eigenvalue weighted by Gasteiger charge is 2.34. The minimum atomic E-state index is -4.16. The summed E-state index contributed by atoms with van der Waals surface area (Å²) in [4.78, 5) is 21.6. The van der Waals surface area contributed by atoms with E-state index in [1.54, 1.807) is 0 Å². The molecular weight excluding hydrogens is 360 g/mol. The maximum atomic E-state index is 13.7. The minimum Gasteiger partial charge on any atom is -0.456 e. The van der Waals surface area contributed by atoms with Crippen LogP contribution in [0.15, 0.2) is 30.0 Å². The monoisotopic (exact) mass is 375 g/mol. The molecule has 0 aromatic heterocycles. The molecule has 1 aliphatic carbocycles. The topological polar surface area (TPSA) is 98.8 Å². The van der Waals surface area contributed by atoms with Gasteiger partial charge in [0.2, 0.25) is 10.0 Å². The number of rotatable bonds is 7. The summed E-state index contributed by atoms with van der Waals surface area (Å²) in [6.07, 6.45) is 2.59. The molecule has 0 spiro atoms. The van der Waals surface area contributed by atoms with Gasteiger partial charge < -0.3 is 9.47 Å². The molecule has 0 radical (unpaired) electrons. The van der Waals surface area contributed by atoms with E-state index in [1.165, 1.54) is 6.08 Å². The minimum absolute atomic E-state index is 0.0591. The number of ether oxygens (including phenoxy) is 2. The van der Waals surface area contributed by atoms with Crippen LogP contribution in [-0.4, -0.2) is 32.7 Å². The lowest BCUT2D eigenvalue weighted by Gasteiger charge is -2.24. The molecule has 1 unspecified atom stereocenters. The fourth-order valence-electron chi connectivity index (χ4n) is 2.30. The summed E-state index contributed by atoms with van der Waals surface area (Å²) in [5.41, 5.74) is -0.415. The van der Waals surface area contributed by atoms with Gasteiger partial charge in [0.05, 0.1) is 5.69 Å². The molecule has 7 nitrogen and oxygen atoms in total. The van der Waals surface area contributed by atoms with Gasteiger partial charge in [-0.2, -0.15) is 0 Å². The van der Waals surface area contributed by atoms with E-state index in [0.29, 0.717) is 18.9 Å². The van der Waals surface area contributed by atoms with E-state index in [1.807, 2.05) is 4.72 Å². The predicted molar refractivity (Wildman–Crippen MR) is 82.7 cm³/mol. The van der Waals surface area contributed by atoms with Crippen molar-refractivity contribution in [2.75, 3.05) is 11.3 Å². The van der Waals surface area contributed by atoms with E-state index in [0.717, 1.165) is 12.1 Å². The lowest BCUT2D eigenvalue weighted by atomic mass is 10.1. The lowest BCUT2D eigenvalue weighted by Crippen LogP contribution is -2.33. The average molecular weight is 375 g/mol. The van der Waals surface area contributed by atoms with Crippen molar-refractivity contribution < 1.29 is 36.3 Å². The summed E-state index contributed by atoms with van der Waals surface area (Å²) in [5, 5.41) is -1.23. The maximum Gasteiger partial charge on any atom is 0.349 e.